The lowest BCUT2D eigenvalue weighted by molar-refractivity contribution is -0.192. The highest BCUT2D eigenvalue weighted by Gasteiger charge is 2.57. The van der Waals surface area contributed by atoms with Crippen molar-refractivity contribution in [2.24, 2.45) is 11.3 Å². The Bertz CT molecular complexity index is 579. The number of alkyl halides is 3. The van der Waals surface area contributed by atoms with Crippen LogP contribution >= 0.6 is 0 Å². The number of halogens is 3. The van der Waals surface area contributed by atoms with Gasteiger partial charge in [-0.25, -0.2) is 9.97 Å². The molecule has 3 rings (SSSR count). The molecule has 2 fully saturated rings. The molecule has 3 atom stereocenters. The van der Waals surface area contributed by atoms with Gasteiger partial charge in [-0.15, -0.1) is 0 Å². The molecule has 0 amide bonds. The van der Waals surface area contributed by atoms with E-state index < -0.39 is 11.9 Å². The van der Waals surface area contributed by atoms with E-state index in [2.05, 4.69) is 34.4 Å². The summed E-state index contributed by atoms with van der Waals surface area (Å²) < 4.78 is 43.7. The van der Waals surface area contributed by atoms with Crippen LogP contribution in [0.5, 0.6) is 0 Å². The highest BCUT2D eigenvalue weighted by molar-refractivity contribution is 5.26. The molecule has 1 aliphatic carbocycles. The quantitative estimate of drug-likeness (QED) is 0.805. The molecule has 2 heterocycles. The molecule has 1 aromatic heterocycles. The minimum atomic E-state index is -4.45. The van der Waals surface area contributed by atoms with Gasteiger partial charge in [0.1, 0.15) is 5.69 Å². The molecule has 3 unspecified atom stereocenters. The summed E-state index contributed by atoms with van der Waals surface area (Å²) in [5, 5.41) is 6.35. The van der Waals surface area contributed by atoms with Crippen molar-refractivity contribution in [2.45, 2.75) is 45.0 Å². The molecular formula is C16H23F3N4O. The highest BCUT2D eigenvalue weighted by Crippen LogP contribution is 2.51. The van der Waals surface area contributed by atoms with E-state index in [1.165, 1.54) is 0 Å². The number of hydrogen-bond acceptors (Lipinski definition) is 5. The Hall–Kier alpha value is -1.41. The molecule has 8 heteroatoms. The number of nitrogens with zero attached hydrogens (tertiary/aromatic N) is 2. The van der Waals surface area contributed by atoms with E-state index in [4.69, 9.17) is 4.74 Å². The Labute approximate surface area is 139 Å². The maximum Gasteiger partial charge on any atom is 0.433 e. The first kappa shape index (κ1) is 17.4. The highest BCUT2D eigenvalue weighted by atomic mass is 19.4. The lowest BCUT2D eigenvalue weighted by atomic mass is 9.55. The first-order valence-corrected chi connectivity index (χ1v) is 8.29. The zero-order chi connectivity index (χ0) is 17.4. The second kappa shape index (κ2) is 6.48. The monoisotopic (exact) mass is 344 g/mol. The average molecular weight is 344 g/mol. The van der Waals surface area contributed by atoms with Crippen LogP contribution in [0, 0.1) is 11.3 Å². The third-order valence-electron chi connectivity index (χ3n) is 5.05. The number of nitrogens with one attached hydrogen (secondary N) is 2. The van der Waals surface area contributed by atoms with Gasteiger partial charge in [-0.1, -0.05) is 13.8 Å². The summed E-state index contributed by atoms with van der Waals surface area (Å²) >= 11 is 0. The third kappa shape index (κ3) is 3.35. The summed E-state index contributed by atoms with van der Waals surface area (Å²) in [4.78, 5) is 7.32. The van der Waals surface area contributed by atoms with Crippen molar-refractivity contribution >= 4 is 5.95 Å². The first-order chi connectivity index (χ1) is 11.3. The van der Waals surface area contributed by atoms with Crippen LogP contribution in [0.25, 0.3) is 0 Å². The summed E-state index contributed by atoms with van der Waals surface area (Å²) in [5.41, 5.74) is -0.854. The fraction of sp³-hybridized carbons (Fsp3) is 0.750. The maximum absolute atomic E-state index is 12.6. The van der Waals surface area contributed by atoms with E-state index in [0.717, 1.165) is 31.7 Å². The Kier molecular flexibility index (Phi) is 4.70. The molecule has 1 saturated carbocycles. The van der Waals surface area contributed by atoms with Crippen molar-refractivity contribution < 1.29 is 17.9 Å². The Balaban J connectivity index is 1.48. The molecule has 24 heavy (non-hydrogen) atoms. The van der Waals surface area contributed by atoms with E-state index in [0.29, 0.717) is 31.2 Å². The van der Waals surface area contributed by atoms with E-state index >= 15 is 0 Å². The van der Waals surface area contributed by atoms with E-state index in [9.17, 15) is 13.2 Å². The topological polar surface area (TPSA) is 59.1 Å². The molecule has 2 N–H and O–H groups in total. The molecule has 1 aliphatic heterocycles. The summed E-state index contributed by atoms with van der Waals surface area (Å²) in [6.45, 7) is 6.33. The Morgan fingerprint density at radius 1 is 1.33 bits per heavy atom. The van der Waals surface area contributed by atoms with Gasteiger partial charge in [-0.3, -0.25) is 0 Å². The van der Waals surface area contributed by atoms with Crippen LogP contribution < -0.4 is 10.6 Å². The van der Waals surface area contributed by atoms with E-state index in [1.54, 1.807) is 0 Å². The molecule has 2 aliphatic rings. The smallest absolute Gasteiger partial charge is 0.377 e. The fourth-order valence-corrected chi connectivity index (χ4v) is 3.94. The van der Waals surface area contributed by atoms with Crippen LogP contribution in [0.1, 0.15) is 32.4 Å². The molecule has 134 valence electrons. The molecule has 0 bridgehead atoms. The van der Waals surface area contributed by atoms with Gasteiger partial charge in [-0.2, -0.15) is 13.2 Å². The molecule has 0 spiro atoms. The lowest BCUT2D eigenvalue weighted by Gasteiger charge is -2.60. The van der Waals surface area contributed by atoms with Crippen LogP contribution in [0.15, 0.2) is 12.3 Å². The van der Waals surface area contributed by atoms with Gasteiger partial charge >= 0.3 is 6.18 Å². The number of fused-ring (bicyclic) bond motifs is 1. The van der Waals surface area contributed by atoms with Gasteiger partial charge in [-0.05, 0) is 18.9 Å². The molecular weight excluding hydrogens is 321 g/mol. The minimum absolute atomic E-state index is 0.00151. The maximum atomic E-state index is 12.6. The molecule has 0 radical (unpaired) electrons. The van der Waals surface area contributed by atoms with Crippen LogP contribution in [-0.4, -0.2) is 41.8 Å². The second-order valence-electron chi connectivity index (χ2n) is 7.04. The first-order valence-electron chi connectivity index (χ1n) is 8.29. The Morgan fingerprint density at radius 2 is 2.12 bits per heavy atom. The normalized spacial score (nSPS) is 28.8. The zero-order valence-electron chi connectivity index (χ0n) is 13.9. The summed E-state index contributed by atoms with van der Waals surface area (Å²) in [7, 11) is 0. The summed E-state index contributed by atoms with van der Waals surface area (Å²) in [6, 6.07) is 1.23. The van der Waals surface area contributed by atoms with Gasteiger partial charge in [0.05, 0.1) is 6.10 Å². The largest absolute Gasteiger partial charge is 0.433 e. The number of anilines is 1. The van der Waals surface area contributed by atoms with Crippen molar-refractivity contribution in [3.63, 3.8) is 0 Å². The number of hydrogen-bond donors (Lipinski definition) is 2. The van der Waals surface area contributed by atoms with Crippen LogP contribution in [0.3, 0.4) is 0 Å². The van der Waals surface area contributed by atoms with Crippen LogP contribution in [0.2, 0.25) is 0 Å². The van der Waals surface area contributed by atoms with Crippen molar-refractivity contribution in [1.82, 2.24) is 15.3 Å². The summed E-state index contributed by atoms with van der Waals surface area (Å²) in [6.07, 6.45) is -0.779. The number of ether oxygens (including phenoxy) is 1. The van der Waals surface area contributed by atoms with Gasteiger partial charge in [0, 0.05) is 43.3 Å². The molecule has 0 aromatic carbocycles. The van der Waals surface area contributed by atoms with Crippen molar-refractivity contribution in [3.05, 3.63) is 18.0 Å². The van der Waals surface area contributed by atoms with Crippen molar-refractivity contribution in [1.29, 1.82) is 0 Å². The minimum Gasteiger partial charge on any atom is -0.377 e. The van der Waals surface area contributed by atoms with Crippen LogP contribution in [-0.2, 0) is 10.9 Å². The SMILES string of the molecule is CC1(C)C(NCCNc2nccc(C(F)(F)F)n2)C2CCCOC21. The van der Waals surface area contributed by atoms with Crippen molar-refractivity contribution in [3.8, 4) is 0 Å². The standard InChI is InChI=1S/C16H23F3N4O/c1-15(2)12(10-4-3-9-24-13(10)15)20-7-8-22-14-21-6-5-11(23-14)16(17,18)19/h5-6,10,12-13,20H,3-4,7-9H2,1-2H3,(H,21,22,23). The van der Waals surface area contributed by atoms with Gasteiger partial charge < -0.3 is 15.4 Å². The second-order valence-corrected chi connectivity index (χ2v) is 7.04. The predicted molar refractivity (Wildman–Crippen MR) is 83.6 cm³/mol. The van der Waals surface area contributed by atoms with Gasteiger partial charge in [0.2, 0.25) is 5.95 Å². The number of aromatic nitrogens is 2. The zero-order valence-corrected chi connectivity index (χ0v) is 13.9. The summed E-state index contributed by atoms with van der Waals surface area (Å²) in [5.74, 6) is 0.525. The average Bonchev–Trinajstić information content (AvgIpc) is 2.54. The van der Waals surface area contributed by atoms with E-state index in [1.807, 2.05) is 0 Å². The Morgan fingerprint density at radius 3 is 2.88 bits per heavy atom. The van der Waals surface area contributed by atoms with Gasteiger partial charge in [0.15, 0.2) is 0 Å². The van der Waals surface area contributed by atoms with E-state index in [-0.39, 0.29) is 11.4 Å². The van der Waals surface area contributed by atoms with Gasteiger partial charge in [0.25, 0.3) is 0 Å². The fourth-order valence-electron chi connectivity index (χ4n) is 3.94. The van der Waals surface area contributed by atoms with Crippen molar-refractivity contribution in [2.75, 3.05) is 25.0 Å². The lowest BCUT2D eigenvalue weighted by Crippen LogP contribution is -2.69. The molecule has 5 nitrogen and oxygen atoms in total. The van der Waals surface area contributed by atoms with Crippen LogP contribution in [0.4, 0.5) is 19.1 Å². The predicted octanol–water partition coefficient (Wildman–Crippen LogP) is 2.70. The third-order valence-corrected chi connectivity index (χ3v) is 5.05. The molecule has 1 aromatic rings. The number of rotatable bonds is 5. The molecule has 1 saturated heterocycles.